The molecule has 0 saturated carbocycles. The maximum atomic E-state index is 5.50. The second kappa shape index (κ2) is 9.31. The third-order valence-corrected chi connectivity index (χ3v) is 2.88. The fraction of sp³-hybridized carbons (Fsp3) is 0.600. The zero-order chi connectivity index (χ0) is 14.8. The molecule has 114 valence electrons. The topological polar surface area (TPSA) is 49.0 Å². The van der Waals surface area contributed by atoms with Gasteiger partial charge in [0.2, 0.25) is 5.75 Å². The summed E-state index contributed by atoms with van der Waals surface area (Å²) >= 11 is 0. The van der Waals surface area contributed by atoms with E-state index in [-0.39, 0.29) is 0 Å². The molecule has 0 radical (unpaired) electrons. The van der Waals surface area contributed by atoms with Gasteiger partial charge in [0.25, 0.3) is 0 Å². The van der Waals surface area contributed by atoms with Crippen LogP contribution in [0.4, 0.5) is 5.69 Å². The molecule has 0 aliphatic rings. The van der Waals surface area contributed by atoms with Crippen molar-refractivity contribution in [3.63, 3.8) is 0 Å². The summed E-state index contributed by atoms with van der Waals surface area (Å²) in [6, 6.07) is 3.76. The summed E-state index contributed by atoms with van der Waals surface area (Å²) in [6.45, 7) is 4.38. The summed E-state index contributed by atoms with van der Waals surface area (Å²) in [6.07, 6.45) is 2.25. The van der Waals surface area contributed by atoms with Gasteiger partial charge in [-0.3, -0.25) is 0 Å². The Labute approximate surface area is 121 Å². The van der Waals surface area contributed by atoms with Crippen LogP contribution in [0.2, 0.25) is 0 Å². The number of unbranched alkanes of at least 4 members (excludes halogenated alkanes) is 1. The molecule has 0 spiro atoms. The van der Waals surface area contributed by atoms with Crippen LogP contribution in [0.5, 0.6) is 17.2 Å². The number of benzene rings is 1. The van der Waals surface area contributed by atoms with Gasteiger partial charge in [-0.15, -0.1) is 0 Å². The summed E-state index contributed by atoms with van der Waals surface area (Å²) in [4.78, 5) is 0. The van der Waals surface area contributed by atoms with Gasteiger partial charge in [-0.25, -0.2) is 0 Å². The Balaban J connectivity index is 2.57. The molecule has 5 nitrogen and oxygen atoms in total. The molecule has 0 saturated heterocycles. The fourth-order valence-electron chi connectivity index (χ4n) is 1.80. The standard InChI is InChI=1S/C15H25NO4/c1-5-6-8-20-9-7-16-12-10-13(17-2)15(19-4)14(11-12)18-3/h10-11,16H,5-9H2,1-4H3. The van der Waals surface area contributed by atoms with E-state index in [0.717, 1.165) is 31.7 Å². The van der Waals surface area contributed by atoms with Gasteiger partial charge in [0.1, 0.15) is 0 Å². The van der Waals surface area contributed by atoms with Gasteiger partial charge in [0.15, 0.2) is 11.5 Å². The molecule has 0 aromatic heterocycles. The highest BCUT2D eigenvalue weighted by atomic mass is 16.5. The molecule has 0 bridgehead atoms. The second-order valence-electron chi connectivity index (χ2n) is 4.31. The molecule has 0 aliphatic heterocycles. The Morgan fingerprint density at radius 1 is 0.950 bits per heavy atom. The summed E-state index contributed by atoms with van der Waals surface area (Å²) in [7, 11) is 4.80. The Morgan fingerprint density at radius 3 is 2.10 bits per heavy atom. The quantitative estimate of drug-likeness (QED) is 0.669. The largest absolute Gasteiger partial charge is 0.493 e. The van der Waals surface area contributed by atoms with Gasteiger partial charge >= 0.3 is 0 Å². The van der Waals surface area contributed by atoms with Crippen LogP contribution < -0.4 is 19.5 Å². The normalized spacial score (nSPS) is 10.2. The SMILES string of the molecule is CCCCOCCNc1cc(OC)c(OC)c(OC)c1. The van der Waals surface area contributed by atoms with E-state index < -0.39 is 0 Å². The smallest absolute Gasteiger partial charge is 0.203 e. The molecule has 0 atom stereocenters. The van der Waals surface area contributed by atoms with Crippen molar-refractivity contribution in [3.05, 3.63) is 12.1 Å². The van der Waals surface area contributed by atoms with Crippen molar-refractivity contribution in [1.29, 1.82) is 0 Å². The van der Waals surface area contributed by atoms with Gasteiger partial charge in [0, 0.05) is 31.0 Å². The first-order valence-corrected chi connectivity index (χ1v) is 6.88. The lowest BCUT2D eigenvalue weighted by atomic mass is 10.2. The molecular formula is C15H25NO4. The molecule has 20 heavy (non-hydrogen) atoms. The van der Waals surface area contributed by atoms with Crippen molar-refractivity contribution in [2.24, 2.45) is 0 Å². The highest BCUT2D eigenvalue weighted by Gasteiger charge is 2.12. The van der Waals surface area contributed by atoms with Crippen LogP contribution in [0, 0.1) is 0 Å². The maximum Gasteiger partial charge on any atom is 0.203 e. The van der Waals surface area contributed by atoms with Crippen molar-refractivity contribution in [1.82, 2.24) is 0 Å². The van der Waals surface area contributed by atoms with Gasteiger partial charge < -0.3 is 24.3 Å². The molecule has 1 aromatic carbocycles. The van der Waals surface area contributed by atoms with Crippen LogP contribution >= 0.6 is 0 Å². The highest BCUT2D eigenvalue weighted by molar-refractivity contribution is 5.62. The monoisotopic (exact) mass is 283 g/mol. The van der Waals surface area contributed by atoms with Gasteiger partial charge in [0.05, 0.1) is 27.9 Å². The van der Waals surface area contributed by atoms with Crippen molar-refractivity contribution in [2.75, 3.05) is 46.4 Å². The minimum absolute atomic E-state index is 0.597. The van der Waals surface area contributed by atoms with Crippen molar-refractivity contribution in [3.8, 4) is 17.2 Å². The first-order valence-electron chi connectivity index (χ1n) is 6.88. The number of rotatable bonds is 10. The molecule has 0 fully saturated rings. The van der Waals surface area contributed by atoms with E-state index in [9.17, 15) is 0 Å². The predicted molar refractivity (Wildman–Crippen MR) is 80.3 cm³/mol. The number of anilines is 1. The minimum Gasteiger partial charge on any atom is -0.493 e. The van der Waals surface area contributed by atoms with E-state index >= 15 is 0 Å². The van der Waals surface area contributed by atoms with Crippen LogP contribution in [0.25, 0.3) is 0 Å². The third-order valence-electron chi connectivity index (χ3n) is 2.88. The Hall–Kier alpha value is -1.62. The number of hydrogen-bond donors (Lipinski definition) is 1. The number of methoxy groups -OCH3 is 3. The average Bonchev–Trinajstić information content (AvgIpc) is 2.49. The fourth-order valence-corrected chi connectivity index (χ4v) is 1.80. The number of hydrogen-bond acceptors (Lipinski definition) is 5. The van der Waals surface area contributed by atoms with Gasteiger partial charge in [-0.2, -0.15) is 0 Å². The number of ether oxygens (including phenoxy) is 4. The molecular weight excluding hydrogens is 258 g/mol. The second-order valence-corrected chi connectivity index (χ2v) is 4.31. The van der Waals surface area contributed by atoms with Crippen molar-refractivity contribution >= 4 is 5.69 Å². The highest BCUT2D eigenvalue weighted by Crippen LogP contribution is 2.39. The van der Waals surface area contributed by atoms with Crippen LogP contribution in [0.1, 0.15) is 19.8 Å². The molecule has 0 amide bonds. The first-order chi connectivity index (χ1) is 9.76. The molecule has 0 aliphatic carbocycles. The molecule has 1 aromatic rings. The summed E-state index contributed by atoms with van der Waals surface area (Å²) in [5, 5.41) is 3.28. The zero-order valence-electron chi connectivity index (χ0n) is 12.8. The first kappa shape index (κ1) is 16.4. The molecule has 0 heterocycles. The predicted octanol–water partition coefficient (Wildman–Crippen LogP) is 2.94. The van der Waals surface area contributed by atoms with E-state index in [4.69, 9.17) is 18.9 Å². The van der Waals surface area contributed by atoms with E-state index in [1.54, 1.807) is 21.3 Å². The summed E-state index contributed by atoms with van der Waals surface area (Å²) in [5.41, 5.74) is 0.915. The lowest BCUT2D eigenvalue weighted by Gasteiger charge is -2.15. The Bertz CT molecular complexity index is 370. The van der Waals surface area contributed by atoms with E-state index in [1.807, 2.05) is 12.1 Å². The molecule has 1 rings (SSSR count). The summed E-state index contributed by atoms with van der Waals surface area (Å²) < 4.78 is 21.4. The lowest BCUT2D eigenvalue weighted by molar-refractivity contribution is 0.141. The van der Waals surface area contributed by atoms with Crippen LogP contribution in [0.15, 0.2) is 12.1 Å². The van der Waals surface area contributed by atoms with Gasteiger partial charge in [-0.05, 0) is 6.42 Å². The van der Waals surface area contributed by atoms with Crippen LogP contribution in [-0.2, 0) is 4.74 Å². The lowest BCUT2D eigenvalue weighted by Crippen LogP contribution is -2.10. The van der Waals surface area contributed by atoms with Crippen molar-refractivity contribution in [2.45, 2.75) is 19.8 Å². The third kappa shape index (κ3) is 4.81. The number of nitrogens with one attached hydrogen (secondary N) is 1. The molecule has 5 heteroatoms. The van der Waals surface area contributed by atoms with Crippen molar-refractivity contribution < 1.29 is 18.9 Å². The van der Waals surface area contributed by atoms with E-state index in [1.165, 1.54) is 0 Å². The molecule has 1 N–H and O–H groups in total. The van der Waals surface area contributed by atoms with Gasteiger partial charge in [-0.1, -0.05) is 13.3 Å². The average molecular weight is 283 g/mol. The Morgan fingerprint density at radius 2 is 1.60 bits per heavy atom. The Kier molecular flexibility index (Phi) is 7.65. The molecule has 0 unspecified atom stereocenters. The zero-order valence-corrected chi connectivity index (χ0v) is 12.8. The van der Waals surface area contributed by atoms with Crippen LogP contribution in [-0.4, -0.2) is 41.1 Å². The summed E-state index contributed by atoms with van der Waals surface area (Å²) in [5.74, 6) is 1.88. The van der Waals surface area contributed by atoms with E-state index in [0.29, 0.717) is 23.9 Å². The van der Waals surface area contributed by atoms with E-state index in [2.05, 4.69) is 12.2 Å². The van der Waals surface area contributed by atoms with Crippen LogP contribution in [0.3, 0.4) is 0 Å². The minimum atomic E-state index is 0.597. The maximum absolute atomic E-state index is 5.50.